The second-order valence-electron chi connectivity index (χ2n) is 5.12. The molecule has 0 fully saturated rings. The molecule has 1 unspecified atom stereocenters. The van der Waals surface area contributed by atoms with E-state index in [1.165, 1.54) is 31.2 Å². The lowest BCUT2D eigenvalue weighted by Gasteiger charge is -2.14. The van der Waals surface area contributed by atoms with E-state index in [0.29, 0.717) is 10.0 Å². The number of carbonyl (C=O) groups is 2. The van der Waals surface area contributed by atoms with Crippen LogP contribution >= 0.6 is 15.9 Å². The fraction of sp³-hybridized carbons (Fsp3) is 0.176. The van der Waals surface area contributed by atoms with Crippen LogP contribution in [-0.4, -0.2) is 18.0 Å². The molecule has 1 N–H and O–H groups in total. The van der Waals surface area contributed by atoms with Crippen LogP contribution in [0.25, 0.3) is 0 Å². The molecular formula is C17H14BrF2NO3. The van der Waals surface area contributed by atoms with Crippen molar-refractivity contribution < 1.29 is 23.1 Å². The molecule has 0 saturated heterocycles. The molecule has 2 aromatic rings. The van der Waals surface area contributed by atoms with Gasteiger partial charge in [0.25, 0.3) is 5.91 Å². The van der Waals surface area contributed by atoms with Gasteiger partial charge in [0.15, 0.2) is 6.10 Å². The third-order valence-electron chi connectivity index (χ3n) is 3.25. The number of hydrogen-bond acceptors (Lipinski definition) is 3. The first-order valence-corrected chi connectivity index (χ1v) is 7.80. The molecule has 4 nitrogen and oxygen atoms in total. The lowest BCUT2D eigenvalue weighted by Crippen LogP contribution is -2.30. The second kappa shape index (κ2) is 7.53. The minimum absolute atomic E-state index is 0.00688. The first-order chi connectivity index (χ1) is 11.3. The van der Waals surface area contributed by atoms with E-state index < -0.39 is 29.6 Å². The number of aryl methyl sites for hydroxylation is 1. The smallest absolute Gasteiger partial charge is 0.339 e. The molecule has 7 heteroatoms. The standard InChI is InChI=1S/C17H14BrF2NO3/c1-9-3-4-11(7-13(9)19)17(23)24-10(2)16(22)21-15-6-5-12(18)8-14(15)20/h3-8,10H,1-2H3,(H,21,22). The monoisotopic (exact) mass is 397 g/mol. The summed E-state index contributed by atoms with van der Waals surface area (Å²) in [5.41, 5.74) is 0.350. The Morgan fingerprint density at radius 1 is 1.12 bits per heavy atom. The summed E-state index contributed by atoms with van der Waals surface area (Å²) in [7, 11) is 0. The molecule has 0 bridgehead atoms. The Hall–Kier alpha value is -2.28. The summed E-state index contributed by atoms with van der Waals surface area (Å²) in [5, 5.41) is 2.33. The molecule has 126 valence electrons. The highest BCUT2D eigenvalue weighted by Gasteiger charge is 2.20. The third kappa shape index (κ3) is 4.38. The fourth-order valence-corrected chi connectivity index (χ4v) is 2.16. The van der Waals surface area contributed by atoms with Gasteiger partial charge in [0, 0.05) is 4.47 Å². The van der Waals surface area contributed by atoms with E-state index in [1.54, 1.807) is 13.0 Å². The van der Waals surface area contributed by atoms with Gasteiger partial charge in [-0.2, -0.15) is 0 Å². The zero-order valence-electron chi connectivity index (χ0n) is 12.9. The van der Waals surface area contributed by atoms with E-state index in [-0.39, 0.29) is 11.3 Å². The van der Waals surface area contributed by atoms with Crippen molar-refractivity contribution in [2.75, 3.05) is 5.32 Å². The normalized spacial score (nSPS) is 11.7. The number of ether oxygens (including phenoxy) is 1. The Morgan fingerprint density at radius 3 is 2.46 bits per heavy atom. The van der Waals surface area contributed by atoms with Crippen molar-refractivity contribution in [3.8, 4) is 0 Å². The Balaban J connectivity index is 2.02. The van der Waals surface area contributed by atoms with E-state index in [0.717, 1.165) is 6.07 Å². The lowest BCUT2D eigenvalue weighted by atomic mass is 10.1. The SMILES string of the molecule is Cc1ccc(C(=O)OC(C)C(=O)Nc2ccc(Br)cc2F)cc1F. The minimum Gasteiger partial charge on any atom is -0.449 e. The molecular weight excluding hydrogens is 384 g/mol. The quantitative estimate of drug-likeness (QED) is 0.785. The average Bonchev–Trinajstić information content (AvgIpc) is 2.52. The summed E-state index contributed by atoms with van der Waals surface area (Å²) in [6, 6.07) is 8.01. The fourth-order valence-electron chi connectivity index (χ4n) is 1.83. The zero-order chi connectivity index (χ0) is 17.9. The molecule has 1 atom stereocenters. The molecule has 0 spiro atoms. The van der Waals surface area contributed by atoms with E-state index in [1.807, 2.05) is 0 Å². The molecule has 24 heavy (non-hydrogen) atoms. The number of nitrogens with one attached hydrogen (secondary N) is 1. The molecule has 0 radical (unpaired) electrons. The highest BCUT2D eigenvalue weighted by atomic mass is 79.9. The van der Waals surface area contributed by atoms with Gasteiger partial charge in [-0.15, -0.1) is 0 Å². The zero-order valence-corrected chi connectivity index (χ0v) is 14.5. The first-order valence-electron chi connectivity index (χ1n) is 7.01. The predicted octanol–water partition coefficient (Wildman–Crippen LogP) is 4.22. The van der Waals surface area contributed by atoms with Crippen LogP contribution in [0.2, 0.25) is 0 Å². The van der Waals surface area contributed by atoms with Crippen LogP contribution in [0.3, 0.4) is 0 Å². The first kappa shape index (κ1) is 18.1. The van der Waals surface area contributed by atoms with Crippen molar-refractivity contribution in [3.63, 3.8) is 0 Å². The molecule has 0 saturated carbocycles. The van der Waals surface area contributed by atoms with Gasteiger partial charge in [-0.3, -0.25) is 4.79 Å². The number of carbonyl (C=O) groups excluding carboxylic acids is 2. The van der Waals surface area contributed by atoms with E-state index in [4.69, 9.17) is 4.74 Å². The van der Waals surface area contributed by atoms with Gasteiger partial charge in [0.2, 0.25) is 0 Å². The number of halogens is 3. The second-order valence-corrected chi connectivity index (χ2v) is 6.04. The highest BCUT2D eigenvalue weighted by molar-refractivity contribution is 9.10. The average molecular weight is 398 g/mol. The summed E-state index contributed by atoms with van der Waals surface area (Å²) in [4.78, 5) is 23.9. The molecule has 0 aliphatic heterocycles. The van der Waals surface area contributed by atoms with Gasteiger partial charge in [-0.25, -0.2) is 13.6 Å². The molecule has 2 rings (SSSR count). The Morgan fingerprint density at radius 2 is 1.83 bits per heavy atom. The Labute approximate surface area is 145 Å². The van der Waals surface area contributed by atoms with Gasteiger partial charge in [-0.05, 0) is 49.7 Å². The number of esters is 1. The van der Waals surface area contributed by atoms with Crippen LogP contribution < -0.4 is 5.32 Å². The topological polar surface area (TPSA) is 55.4 Å². The molecule has 0 aliphatic carbocycles. The van der Waals surface area contributed by atoms with E-state index in [9.17, 15) is 18.4 Å². The van der Waals surface area contributed by atoms with Crippen molar-refractivity contribution in [2.24, 2.45) is 0 Å². The van der Waals surface area contributed by atoms with Crippen LogP contribution in [0.15, 0.2) is 40.9 Å². The van der Waals surface area contributed by atoms with E-state index >= 15 is 0 Å². The maximum absolute atomic E-state index is 13.7. The summed E-state index contributed by atoms with van der Waals surface area (Å²) in [5.74, 6) is -2.71. The molecule has 0 heterocycles. The Kier molecular flexibility index (Phi) is 5.66. The predicted molar refractivity (Wildman–Crippen MR) is 88.7 cm³/mol. The summed E-state index contributed by atoms with van der Waals surface area (Å²) < 4.78 is 32.7. The largest absolute Gasteiger partial charge is 0.449 e. The molecule has 0 aliphatic rings. The number of rotatable bonds is 4. The maximum atomic E-state index is 13.7. The molecule has 2 aromatic carbocycles. The van der Waals surface area contributed by atoms with Crippen molar-refractivity contribution >= 4 is 33.5 Å². The van der Waals surface area contributed by atoms with Gasteiger partial charge in [0.1, 0.15) is 11.6 Å². The van der Waals surface area contributed by atoms with Crippen LogP contribution in [0.4, 0.5) is 14.5 Å². The summed E-state index contributed by atoms with van der Waals surface area (Å²) in [6.45, 7) is 2.90. The van der Waals surface area contributed by atoms with Gasteiger partial charge < -0.3 is 10.1 Å². The summed E-state index contributed by atoms with van der Waals surface area (Å²) >= 11 is 3.11. The van der Waals surface area contributed by atoms with Crippen LogP contribution in [0.5, 0.6) is 0 Å². The molecule has 0 aromatic heterocycles. The number of benzene rings is 2. The van der Waals surface area contributed by atoms with E-state index in [2.05, 4.69) is 21.2 Å². The summed E-state index contributed by atoms with van der Waals surface area (Å²) in [6.07, 6.45) is -1.18. The van der Waals surface area contributed by atoms with Crippen LogP contribution in [0, 0.1) is 18.6 Å². The van der Waals surface area contributed by atoms with Gasteiger partial charge >= 0.3 is 5.97 Å². The lowest BCUT2D eigenvalue weighted by molar-refractivity contribution is -0.123. The maximum Gasteiger partial charge on any atom is 0.339 e. The van der Waals surface area contributed by atoms with Crippen molar-refractivity contribution in [2.45, 2.75) is 20.0 Å². The van der Waals surface area contributed by atoms with Crippen molar-refractivity contribution in [1.29, 1.82) is 0 Å². The third-order valence-corrected chi connectivity index (χ3v) is 3.74. The highest BCUT2D eigenvalue weighted by Crippen LogP contribution is 2.20. The molecule has 1 amide bonds. The van der Waals surface area contributed by atoms with Crippen molar-refractivity contribution in [1.82, 2.24) is 0 Å². The van der Waals surface area contributed by atoms with Gasteiger partial charge in [-0.1, -0.05) is 22.0 Å². The van der Waals surface area contributed by atoms with Gasteiger partial charge in [0.05, 0.1) is 11.3 Å². The van der Waals surface area contributed by atoms with Crippen LogP contribution in [0.1, 0.15) is 22.8 Å². The number of hydrogen-bond donors (Lipinski definition) is 1. The minimum atomic E-state index is -1.18. The number of amides is 1. The van der Waals surface area contributed by atoms with Crippen molar-refractivity contribution in [3.05, 3.63) is 63.6 Å². The Bertz CT molecular complexity index is 795. The van der Waals surface area contributed by atoms with Crippen LogP contribution in [-0.2, 0) is 9.53 Å². The number of anilines is 1.